The molecular formula is C10H10BrF3O2. The van der Waals surface area contributed by atoms with Crippen LogP contribution in [-0.2, 0) is 10.1 Å². The normalized spacial score (nSPS) is 11.5. The smallest absolute Gasteiger partial charge is 0.411 e. The van der Waals surface area contributed by atoms with Crippen molar-refractivity contribution >= 4 is 15.9 Å². The highest BCUT2D eigenvalue weighted by Crippen LogP contribution is 2.16. The first-order valence-electron chi connectivity index (χ1n) is 4.43. The third-order valence-corrected chi connectivity index (χ3v) is 2.30. The van der Waals surface area contributed by atoms with Crippen LogP contribution in [0.2, 0.25) is 0 Å². The first-order valence-corrected chi connectivity index (χ1v) is 5.55. The van der Waals surface area contributed by atoms with Crippen molar-refractivity contribution in [2.45, 2.75) is 11.5 Å². The molecule has 1 aromatic carbocycles. The molecule has 0 aliphatic carbocycles. The molecule has 0 atom stereocenters. The monoisotopic (exact) mass is 298 g/mol. The van der Waals surface area contributed by atoms with Gasteiger partial charge in [-0.2, -0.15) is 13.2 Å². The van der Waals surface area contributed by atoms with Gasteiger partial charge in [0.15, 0.2) is 6.79 Å². The maximum atomic E-state index is 11.7. The largest absolute Gasteiger partial charge is 0.468 e. The molecule has 1 rings (SSSR count). The first-order chi connectivity index (χ1) is 7.51. The van der Waals surface area contributed by atoms with Gasteiger partial charge in [0.2, 0.25) is 0 Å². The van der Waals surface area contributed by atoms with E-state index >= 15 is 0 Å². The zero-order valence-electron chi connectivity index (χ0n) is 8.26. The lowest BCUT2D eigenvalue weighted by molar-refractivity contribution is -0.186. The number of hydrogen-bond acceptors (Lipinski definition) is 2. The quantitative estimate of drug-likeness (QED) is 0.471. The maximum absolute atomic E-state index is 11.7. The molecule has 0 fully saturated rings. The molecule has 0 bridgehead atoms. The summed E-state index contributed by atoms with van der Waals surface area (Å²) >= 11 is 3.28. The molecule has 0 amide bonds. The average molecular weight is 299 g/mol. The summed E-state index contributed by atoms with van der Waals surface area (Å²) in [5.41, 5.74) is 1.06. The number of rotatable bonds is 5. The minimum atomic E-state index is -4.32. The number of alkyl halides is 4. The van der Waals surface area contributed by atoms with Crippen LogP contribution in [0.1, 0.15) is 5.56 Å². The summed E-state index contributed by atoms with van der Waals surface area (Å²) in [5.74, 6) is 0.479. The molecule has 2 nitrogen and oxygen atoms in total. The Balaban J connectivity index is 2.27. The Morgan fingerprint density at radius 2 is 1.75 bits per heavy atom. The van der Waals surface area contributed by atoms with Gasteiger partial charge in [0.25, 0.3) is 0 Å². The van der Waals surface area contributed by atoms with Crippen LogP contribution in [-0.4, -0.2) is 19.6 Å². The molecule has 0 aromatic heterocycles. The number of halogens is 4. The molecular weight excluding hydrogens is 289 g/mol. The lowest BCUT2D eigenvalue weighted by Gasteiger charge is -2.09. The average Bonchev–Trinajstić information content (AvgIpc) is 2.24. The van der Waals surface area contributed by atoms with E-state index in [0.717, 1.165) is 10.9 Å². The Morgan fingerprint density at radius 1 is 1.12 bits per heavy atom. The van der Waals surface area contributed by atoms with Crippen molar-refractivity contribution in [3.63, 3.8) is 0 Å². The van der Waals surface area contributed by atoms with E-state index in [1.54, 1.807) is 12.1 Å². The molecule has 0 saturated heterocycles. The van der Waals surface area contributed by atoms with E-state index in [9.17, 15) is 13.2 Å². The number of ether oxygens (including phenoxy) is 2. The summed E-state index contributed by atoms with van der Waals surface area (Å²) in [6.07, 6.45) is -4.32. The van der Waals surface area contributed by atoms with Crippen molar-refractivity contribution in [2.75, 3.05) is 13.4 Å². The molecule has 0 unspecified atom stereocenters. The van der Waals surface area contributed by atoms with Crippen LogP contribution in [0.5, 0.6) is 5.75 Å². The van der Waals surface area contributed by atoms with Gasteiger partial charge in [-0.15, -0.1) is 0 Å². The van der Waals surface area contributed by atoms with Gasteiger partial charge in [0.05, 0.1) is 0 Å². The lowest BCUT2D eigenvalue weighted by atomic mass is 10.2. The molecule has 0 aliphatic rings. The van der Waals surface area contributed by atoms with Crippen molar-refractivity contribution in [1.29, 1.82) is 0 Å². The van der Waals surface area contributed by atoms with Crippen LogP contribution >= 0.6 is 15.9 Å². The predicted octanol–water partition coefficient (Wildman–Crippen LogP) is 3.50. The second kappa shape index (κ2) is 6.10. The summed E-state index contributed by atoms with van der Waals surface area (Å²) < 4.78 is 44.3. The van der Waals surface area contributed by atoms with Gasteiger partial charge in [0, 0.05) is 5.33 Å². The Labute approximate surface area is 99.5 Å². The summed E-state index contributed by atoms with van der Waals surface area (Å²) in [6, 6.07) is 6.97. The van der Waals surface area contributed by atoms with Crippen LogP contribution in [0.15, 0.2) is 24.3 Å². The minimum Gasteiger partial charge on any atom is -0.468 e. The number of hydrogen-bond donors (Lipinski definition) is 0. The lowest BCUT2D eigenvalue weighted by Crippen LogP contribution is -2.19. The highest BCUT2D eigenvalue weighted by molar-refractivity contribution is 9.08. The molecule has 16 heavy (non-hydrogen) atoms. The first kappa shape index (κ1) is 13.3. The van der Waals surface area contributed by atoms with Gasteiger partial charge in [-0.05, 0) is 17.7 Å². The SMILES string of the molecule is FC(F)(F)COCOc1ccc(CBr)cc1. The predicted molar refractivity (Wildman–Crippen MR) is 56.6 cm³/mol. The zero-order valence-corrected chi connectivity index (χ0v) is 9.85. The van der Waals surface area contributed by atoms with E-state index in [1.807, 2.05) is 12.1 Å². The van der Waals surface area contributed by atoms with Gasteiger partial charge in [-0.1, -0.05) is 28.1 Å². The molecule has 0 saturated carbocycles. The summed E-state index contributed by atoms with van der Waals surface area (Å²) in [7, 11) is 0. The minimum absolute atomic E-state index is 0.410. The molecule has 6 heteroatoms. The fourth-order valence-electron chi connectivity index (χ4n) is 0.942. The van der Waals surface area contributed by atoms with E-state index in [1.165, 1.54) is 0 Å². The second-order valence-corrected chi connectivity index (χ2v) is 3.56. The van der Waals surface area contributed by atoms with E-state index < -0.39 is 19.6 Å². The fourth-order valence-corrected chi connectivity index (χ4v) is 1.32. The van der Waals surface area contributed by atoms with Crippen LogP contribution in [0.3, 0.4) is 0 Å². The zero-order chi connectivity index (χ0) is 12.0. The van der Waals surface area contributed by atoms with E-state index in [4.69, 9.17) is 4.74 Å². The van der Waals surface area contributed by atoms with Crippen molar-refractivity contribution < 1.29 is 22.6 Å². The van der Waals surface area contributed by atoms with Crippen molar-refractivity contribution in [3.05, 3.63) is 29.8 Å². The van der Waals surface area contributed by atoms with Crippen LogP contribution in [0.25, 0.3) is 0 Å². The van der Waals surface area contributed by atoms with Gasteiger partial charge < -0.3 is 9.47 Å². The Hall–Kier alpha value is -0.750. The summed E-state index contributed by atoms with van der Waals surface area (Å²) in [5, 5.41) is 0.720. The number of benzene rings is 1. The Morgan fingerprint density at radius 3 is 2.25 bits per heavy atom. The summed E-state index contributed by atoms with van der Waals surface area (Å²) in [6.45, 7) is -1.71. The van der Waals surface area contributed by atoms with E-state index in [-0.39, 0.29) is 0 Å². The molecule has 1 aromatic rings. The molecule has 0 spiro atoms. The van der Waals surface area contributed by atoms with Gasteiger partial charge in [0.1, 0.15) is 12.4 Å². The molecule has 0 heterocycles. The topological polar surface area (TPSA) is 18.5 Å². The third kappa shape index (κ3) is 5.37. The maximum Gasteiger partial charge on any atom is 0.411 e. The second-order valence-electron chi connectivity index (χ2n) is 3.00. The molecule has 0 aliphatic heterocycles. The Kier molecular flexibility index (Phi) is 5.08. The summed E-state index contributed by atoms with van der Waals surface area (Å²) in [4.78, 5) is 0. The van der Waals surface area contributed by atoms with Crippen molar-refractivity contribution in [1.82, 2.24) is 0 Å². The van der Waals surface area contributed by atoms with Crippen molar-refractivity contribution in [3.8, 4) is 5.75 Å². The van der Waals surface area contributed by atoms with Gasteiger partial charge in [-0.3, -0.25) is 0 Å². The highest BCUT2D eigenvalue weighted by atomic mass is 79.9. The molecule has 90 valence electrons. The van der Waals surface area contributed by atoms with Gasteiger partial charge >= 0.3 is 6.18 Å². The van der Waals surface area contributed by atoms with E-state index in [2.05, 4.69) is 20.7 Å². The van der Waals surface area contributed by atoms with E-state index in [0.29, 0.717) is 5.75 Å². The third-order valence-electron chi connectivity index (χ3n) is 1.65. The fraction of sp³-hybridized carbons (Fsp3) is 0.400. The van der Waals surface area contributed by atoms with Gasteiger partial charge in [-0.25, -0.2) is 0 Å². The van der Waals surface area contributed by atoms with Crippen molar-refractivity contribution in [2.24, 2.45) is 0 Å². The molecule has 0 radical (unpaired) electrons. The van der Waals surface area contributed by atoms with Crippen LogP contribution in [0.4, 0.5) is 13.2 Å². The Bertz CT molecular complexity index is 311. The highest BCUT2D eigenvalue weighted by Gasteiger charge is 2.27. The van der Waals surface area contributed by atoms with Crippen LogP contribution in [0, 0.1) is 0 Å². The molecule has 0 N–H and O–H groups in total. The standard InChI is InChI=1S/C10H10BrF3O2/c11-5-8-1-3-9(4-2-8)16-7-15-6-10(12,13)14/h1-4H,5-7H2. The van der Waals surface area contributed by atoms with Crippen LogP contribution < -0.4 is 4.74 Å².